The van der Waals surface area contributed by atoms with Gasteiger partial charge in [0.1, 0.15) is 0 Å². The van der Waals surface area contributed by atoms with Gasteiger partial charge in [-0.2, -0.15) is 0 Å². The molecule has 0 spiro atoms. The van der Waals surface area contributed by atoms with E-state index in [-0.39, 0.29) is 17.5 Å². The van der Waals surface area contributed by atoms with Crippen LogP contribution in [0, 0.1) is 5.92 Å². The maximum atomic E-state index is 13.4. The highest BCUT2D eigenvalue weighted by molar-refractivity contribution is 5.95. The standard InChI is InChI=1S/C23H25N3O2/c27-20-11-10-16(14-24-20)23(28)26-13-12-18-17-8-4-5-9-19(17)25-21(18)22(26)15-6-2-1-3-7-15/h4-5,8-11,14-15,22,25H,1-3,6-7,12-13H2,(H,24,27). The molecular weight excluding hydrogens is 350 g/mol. The Balaban J connectivity index is 1.59. The van der Waals surface area contributed by atoms with Gasteiger partial charge in [0.2, 0.25) is 5.56 Å². The predicted octanol–water partition coefficient (Wildman–Crippen LogP) is 4.18. The van der Waals surface area contributed by atoms with E-state index in [0.29, 0.717) is 18.0 Å². The largest absolute Gasteiger partial charge is 0.356 e. The van der Waals surface area contributed by atoms with Crippen LogP contribution in [-0.4, -0.2) is 27.3 Å². The molecule has 1 amide bonds. The second-order valence-electron chi connectivity index (χ2n) is 8.10. The van der Waals surface area contributed by atoms with Gasteiger partial charge >= 0.3 is 0 Å². The highest BCUT2D eigenvalue weighted by Crippen LogP contribution is 2.44. The highest BCUT2D eigenvalue weighted by Gasteiger charge is 2.38. The zero-order chi connectivity index (χ0) is 19.1. The Morgan fingerprint density at radius 1 is 1.04 bits per heavy atom. The van der Waals surface area contributed by atoms with Crippen LogP contribution in [0.15, 0.2) is 47.4 Å². The van der Waals surface area contributed by atoms with Crippen molar-refractivity contribution in [1.82, 2.24) is 14.9 Å². The molecule has 1 unspecified atom stereocenters. The molecule has 1 atom stereocenters. The Morgan fingerprint density at radius 2 is 1.86 bits per heavy atom. The summed E-state index contributed by atoms with van der Waals surface area (Å²) in [5.74, 6) is 0.490. The van der Waals surface area contributed by atoms with Crippen LogP contribution in [0.2, 0.25) is 0 Å². The van der Waals surface area contributed by atoms with Gasteiger partial charge in [-0.25, -0.2) is 0 Å². The molecule has 28 heavy (non-hydrogen) atoms. The van der Waals surface area contributed by atoms with Gasteiger partial charge in [0.05, 0.1) is 11.6 Å². The fourth-order valence-electron chi connectivity index (χ4n) is 5.15. The number of hydrogen-bond acceptors (Lipinski definition) is 2. The lowest BCUT2D eigenvalue weighted by Crippen LogP contribution is -2.43. The first-order valence-electron chi connectivity index (χ1n) is 10.3. The molecule has 0 saturated heterocycles. The topological polar surface area (TPSA) is 69.0 Å². The Bertz CT molecular complexity index is 1050. The molecule has 1 saturated carbocycles. The number of hydrogen-bond donors (Lipinski definition) is 2. The first-order valence-corrected chi connectivity index (χ1v) is 10.3. The number of pyridine rings is 1. The number of fused-ring (bicyclic) bond motifs is 3. The summed E-state index contributed by atoms with van der Waals surface area (Å²) in [5.41, 5.74) is 4.12. The van der Waals surface area contributed by atoms with E-state index in [9.17, 15) is 9.59 Å². The number of rotatable bonds is 2. The number of aromatic amines is 2. The van der Waals surface area contributed by atoms with Crippen LogP contribution >= 0.6 is 0 Å². The average Bonchev–Trinajstić information content (AvgIpc) is 3.12. The van der Waals surface area contributed by atoms with E-state index >= 15 is 0 Å². The van der Waals surface area contributed by atoms with Crippen LogP contribution in [-0.2, 0) is 6.42 Å². The van der Waals surface area contributed by atoms with Crippen LogP contribution in [0.4, 0.5) is 0 Å². The number of nitrogens with zero attached hydrogens (tertiary/aromatic N) is 1. The van der Waals surface area contributed by atoms with E-state index in [1.54, 1.807) is 12.3 Å². The monoisotopic (exact) mass is 375 g/mol. The van der Waals surface area contributed by atoms with Gasteiger partial charge < -0.3 is 14.9 Å². The predicted molar refractivity (Wildman–Crippen MR) is 109 cm³/mol. The SMILES string of the molecule is O=C(c1ccc(=O)[nH]c1)N1CCc2c([nH]c3ccccc23)C1C1CCCCC1. The second-order valence-corrected chi connectivity index (χ2v) is 8.10. The van der Waals surface area contributed by atoms with Crippen molar-refractivity contribution in [3.8, 4) is 0 Å². The molecule has 144 valence electrons. The molecule has 5 rings (SSSR count). The fraction of sp³-hybridized carbons (Fsp3) is 0.391. The van der Waals surface area contributed by atoms with Crippen molar-refractivity contribution in [2.24, 2.45) is 5.92 Å². The van der Waals surface area contributed by atoms with E-state index in [1.807, 2.05) is 4.90 Å². The first-order chi connectivity index (χ1) is 13.7. The summed E-state index contributed by atoms with van der Waals surface area (Å²) in [5, 5.41) is 1.29. The molecule has 5 heteroatoms. The van der Waals surface area contributed by atoms with Crippen molar-refractivity contribution in [1.29, 1.82) is 0 Å². The Morgan fingerprint density at radius 3 is 2.64 bits per heavy atom. The Hall–Kier alpha value is -2.82. The minimum absolute atomic E-state index is 0.0103. The molecular formula is C23H25N3O2. The zero-order valence-electron chi connectivity index (χ0n) is 15.9. The number of benzene rings is 1. The lowest BCUT2D eigenvalue weighted by molar-refractivity contribution is 0.0533. The molecule has 0 bridgehead atoms. The number of nitrogens with one attached hydrogen (secondary N) is 2. The van der Waals surface area contributed by atoms with Gasteiger partial charge in [0.25, 0.3) is 5.91 Å². The lowest BCUT2D eigenvalue weighted by Gasteiger charge is -2.42. The summed E-state index contributed by atoms with van der Waals surface area (Å²) in [6, 6.07) is 11.6. The van der Waals surface area contributed by atoms with Crippen LogP contribution < -0.4 is 5.56 Å². The van der Waals surface area contributed by atoms with E-state index in [4.69, 9.17) is 0 Å². The van der Waals surface area contributed by atoms with Gasteiger partial charge in [0.15, 0.2) is 0 Å². The molecule has 3 aromatic rings. The summed E-state index contributed by atoms with van der Waals surface area (Å²) in [4.78, 5) is 33.1. The van der Waals surface area contributed by atoms with Crippen LogP contribution in [0.5, 0.6) is 0 Å². The number of amides is 1. The third-order valence-corrected chi connectivity index (χ3v) is 6.47. The maximum absolute atomic E-state index is 13.4. The van der Waals surface area contributed by atoms with E-state index in [0.717, 1.165) is 24.8 Å². The summed E-state index contributed by atoms with van der Waals surface area (Å²) >= 11 is 0. The minimum Gasteiger partial charge on any atom is -0.356 e. The summed E-state index contributed by atoms with van der Waals surface area (Å²) in [6.07, 6.45) is 8.48. The third-order valence-electron chi connectivity index (χ3n) is 6.47. The van der Waals surface area contributed by atoms with E-state index in [2.05, 4.69) is 34.2 Å². The Kier molecular flexibility index (Phi) is 4.30. The average molecular weight is 375 g/mol. The van der Waals surface area contributed by atoms with E-state index < -0.39 is 0 Å². The number of carbonyl (C=O) groups is 1. The van der Waals surface area contributed by atoms with Crippen LogP contribution in [0.3, 0.4) is 0 Å². The maximum Gasteiger partial charge on any atom is 0.255 e. The molecule has 2 N–H and O–H groups in total. The van der Waals surface area contributed by atoms with Gasteiger partial charge in [0, 0.05) is 35.4 Å². The molecule has 3 heterocycles. The van der Waals surface area contributed by atoms with Crippen LogP contribution in [0.1, 0.15) is 59.8 Å². The lowest BCUT2D eigenvalue weighted by atomic mass is 9.79. The second kappa shape index (κ2) is 6.97. The van der Waals surface area contributed by atoms with Crippen molar-refractivity contribution < 1.29 is 4.79 Å². The smallest absolute Gasteiger partial charge is 0.255 e. The highest BCUT2D eigenvalue weighted by atomic mass is 16.2. The number of carbonyl (C=O) groups excluding carboxylic acids is 1. The van der Waals surface area contributed by atoms with Crippen molar-refractivity contribution >= 4 is 16.8 Å². The van der Waals surface area contributed by atoms with Crippen molar-refractivity contribution in [2.75, 3.05) is 6.54 Å². The summed E-state index contributed by atoms with van der Waals surface area (Å²) in [7, 11) is 0. The quantitative estimate of drug-likeness (QED) is 0.706. The van der Waals surface area contributed by atoms with Gasteiger partial charge in [-0.3, -0.25) is 9.59 Å². The molecule has 2 aliphatic rings. The number of aromatic nitrogens is 2. The fourth-order valence-corrected chi connectivity index (χ4v) is 5.15. The van der Waals surface area contributed by atoms with Crippen LogP contribution in [0.25, 0.3) is 10.9 Å². The first kappa shape index (κ1) is 17.3. The van der Waals surface area contributed by atoms with Crippen molar-refractivity contribution in [3.63, 3.8) is 0 Å². The number of para-hydroxylation sites is 1. The summed E-state index contributed by atoms with van der Waals surface area (Å²) in [6.45, 7) is 0.716. The van der Waals surface area contributed by atoms with Gasteiger partial charge in [-0.05, 0) is 42.9 Å². The number of H-pyrrole nitrogens is 2. The normalized spacial score (nSPS) is 20.3. The minimum atomic E-state index is -0.183. The van der Waals surface area contributed by atoms with Gasteiger partial charge in [-0.15, -0.1) is 0 Å². The van der Waals surface area contributed by atoms with Crippen molar-refractivity contribution in [3.05, 3.63) is 69.8 Å². The molecule has 1 fully saturated rings. The molecule has 0 radical (unpaired) electrons. The molecule has 1 aliphatic carbocycles. The molecule has 1 aromatic carbocycles. The van der Waals surface area contributed by atoms with E-state index in [1.165, 1.54) is 42.0 Å². The molecule has 2 aromatic heterocycles. The zero-order valence-corrected chi connectivity index (χ0v) is 15.9. The summed E-state index contributed by atoms with van der Waals surface area (Å²) < 4.78 is 0. The molecule has 5 nitrogen and oxygen atoms in total. The Labute approximate surface area is 163 Å². The third kappa shape index (κ3) is 2.86. The van der Waals surface area contributed by atoms with Crippen molar-refractivity contribution in [2.45, 2.75) is 44.6 Å². The van der Waals surface area contributed by atoms with Gasteiger partial charge in [-0.1, -0.05) is 37.5 Å². The molecule has 1 aliphatic heterocycles.